The number of halogens is 1. The highest BCUT2D eigenvalue weighted by molar-refractivity contribution is 5.96. The summed E-state index contributed by atoms with van der Waals surface area (Å²) in [4.78, 5) is 34.3. The van der Waals surface area contributed by atoms with E-state index in [1.165, 1.54) is 17.0 Å². The van der Waals surface area contributed by atoms with E-state index in [1.807, 2.05) is 36.4 Å². The fourth-order valence-electron chi connectivity index (χ4n) is 4.93. The van der Waals surface area contributed by atoms with Crippen LogP contribution in [0.5, 0.6) is 5.75 Å². The zero-order chi connectivity index (χ0) is 29.2. The minimum atomic E-state index is -0.581. The van der Waals surface area contributed by atoms with E-state index in [2.05, 4.69) is 33.8 Å². The van der Waals surface area contributed by atoms with Crippen LogP contribution in [0, 0.1) is 5.82 Å². The molecule has 0 spiro atoms. The zero-order valence-electron chi connectivity index (χ0n) is 24.1. The molecule has 2 aromatic carbocycles. The van der Waals surface area contributed by atoms with E-state index in [-0.39, 0.29) is 18.0 Å². The van der Waals surface area contributed by atoms with Crippen LogP contribution in [0.3, 0.4) is 0 Å². The maximum absolute atomic E-state index is 14.5. The maximum atomic E-state index is 14.5. The van der Waals surface area contributed by atoms with Gasteiger partial charge in [-0.3, -0.25) is 9.59 Å². The van der Waals surface area contributed by atoms with Gasteiger partial charge in [-0.1, -0.05) is 26.0 Å². The Hall–Kier alpha value is -4.05. The molecule has 9 nitrogen and oxygen atoms in total. The third-order valence-corrected chi connectivity index (χ3v) is 7.51. The highest BCUT2D eigenvalue weighted by Gasteiger charge is 2.26. The number of benzene rings is 2. The van der Waals surface area contributed by atoms with Crippen molar-refractivity contribution in [1.29, 1.82) is 0 Å². The average Bonchev–Trinajstić information content (AvgIpc) is 3.27. The number of hydrogen-bond acceptors (Lipinski definition) is 7. The van der Waals surface area contributed by atoms with Gasteiger partial charge >= 0.3 is 0 Å². The lowest BCUT2D eigenvalue weighted by Crippen LogP contribution is -2.46. The lowest BCUT2D eigenvalue weighted by molar-refractivity contribution is -0.131. The van der Waals surface area contributed by atoms with Crippen LogP contribution in [-0.2, 0) is 4.79 Å². The Bertz CT molecular complexity index is 1280. The summed E-state index contributed by atoms with van der Waals surface area (Å²) in [7, 11) is 1.63. The van der Waals surface area contributed by atoms with E-state index in [0.29, 0.717) is 32.7 Å². The number of ether oxygens (including phenoxy) is 1. The van der Waals surface area contributed by atoms with Crippen molar-refractivity contribution in [2.75, 3.05) is 70.9 Å². The van der Waals surface area contributed by atoms with Crippen molar-refractivity contribution < 1.29 is 18.7 Å². The number of likely N-dealkylation sites (N-methyl/N-ethyl adjacent to an activating group) is 1. The molecule has 0 N–H and O–H groups in total. The lowest BCUT2D eigenvalue weighted by Gasteiger charge is -2.29. The standard InChI is InChI=1S/C31H39FN6O3/c1-4-35(5-2)19-20-38(31(40)26-9-6-7-10-27(26)32)23-30(39)37-18-8-17-36(21-22-37)29-16-15-28(33-34-29)24-11-13-25(41-3)14-12-24/h6-7,9-16H,4-5,8,17-23H2,1-3H3. The molecule has 4 rings (SSSR count). The first-order valence-corrected chi connectivity index (χ1v) is 14.2. The lowest BCUT2D eigenvalue weighted by atomic mass is 10.1. The minimum absolute atomic E-state index is 0.0152. The Morgan fingerprint density at radius 2 is 1.66 bits per heavy atom. The molecule has 3 aromatic rings. The monoisotopic (exact) mass is 562 g/mol. The number of methoxy groups -OCH3 is 1. The van der Waals surface area contributed by atoms with Gasteiger partial charge in [-0.15, -0.1) is 10.2 Å². The number of aromatic nitrogens is 2. The van der Waals surface area contributed by atoms with Gasteiger partial charge in [0.15, 0.2) is 5.82 Å². The van der Waals surface area contributed by atoms with Gasteiger partial charge in [0.1, 0.15) is 18.1 Å². The normalized spacial score (nSPS) is 13.7. The highest BCUT2D eigenvalue weighted by Crippen LogP contribution is 2.22. The summed E-state index contributed by atoms with van der Waals surface area (Å²) < 4.78 is 19.7. The molecule has 0 bridgehead atoms. The molecule has 1 aliphatic rings. The first-order chi connectivity index (χ1) is 19.9. The second kappa shape index (κ2) is 14.5. The molecule has 218 valence electrons. The number of amides is 2. The molecule has 1 saturated heterocycles. The first-order valence-electron chi connectivity index (χ1n) is 14.2. The molecule has 2 heterocycles. The van der Waals surface area contributed by atoms with Gasteiger partial charge in [-0.2, -0.15) is 0 Å². The number of carbonyl (C=O) groups excluding carboxylic acids is 2. The van der Waals surface area contributed by atoms with Crippen LogP contribution >= 0.6 is 0 Å². The van der Waals surface area contributed by atoms with Crippen molar-refractivity contribution in [3.05, 3.63) is 72.0 Å². The third kappa shape index (κ3) is 7.79. The summed E-state index contributed by atoms with van der Waals surface area (Å²) in [5.41, 5.74) is 1.71. The van der Waals surface area contributed by atoms with E-state index >= 15 is 0 Å². The van der Waals surface area contributed by atoms with Crippen LogP contribution in [0.25, 0.3) is 11.3 Å². The Kier molecular flexibility index (Phi) is 10.6. The van der Waals surface area contributed by atoms with Crippen molar-refractivity contribution >= 4 is 17.6 Å². The number of nitrogens with zero attached hydrogens (tertiary/aromatic N) is 6. The molecule has 2 amide bonds. The zero-order valence-corrected chi connectivity index (χ0v) is 24.1. The largest absolute Gasteiger partial charge is 0.497 e. The SMILES string of the molecule is CCN(CC)CCN(CC(=O)N1CCCN(c2ccc(-c3ccc(OC)cc3)nn2)CC1)C(=O)c1ccccc1F. The van der Waals surface area contributed by atoms with E-state index in [1.54, 1.807) is 24.1 Å². The first kappa shape index (κ1) is 29.9. The molecule has 0 atom stereocenters. The molecule has 1 aromatic heterocycles. The van der Waals surface area contributed by atoms with Crippen LogP contribution in [0.1, 0.15) is 30.6 Å². The molecule has 0 aliphatic carbocycles. The maximum Gasteiger partial charge on any atom is 0.257 e. The smallest absolute Gasteiger partial charge is 0.257 e. The Morgan fingerprint density at radius 3 is 2.32 bits per heavy atom. The van der Waals surface area contributed by atoms with Crippen molar-refractivity contribution in [1.82, 2.24) is 24.9 Å². The predicted molar refractivity (Wildman–Crippen MR) is 158 cm³/mol. The van der Waals surface area contributed by atoms with E-state index in [4.69, 9.17) is 4.74 Å². The van der Waals surface area contributed by atoms with Gasteiger partial charge in [-0.25, -0.2) is 4.39 Å². The molecular weight excluding hydrogens is 523 g/mol. The second-order valence-corrected chi connectivity index (χ2v) is 9.96. The van der Waals surface area contributed by atoms with E-state index in [9.17, 15) is 14.0 Å². The fourth-order valence-corrected chi connectivity index (χ4v) is 4.93. The Morgan fingerprint density at radius 1 is 0.902 bits per heavy atom. The Labute approximate surface area is 241 Å². The Balaban J connectivity index is 1.39. The quantitative estimate of drug-likeness (QED) is 0.352. The molecule has 1 aliphatic heterocycles. The van der Waals surface area contributed by atoms with Crippen molar-refractivity contribution in [3.63, 3.8) is 0 Å². The number of rotatable bonds is 11. The molecule has 0 radical (unpaired) electrons. The van der Waals surface area contributed by atoms with Gasteiger partial charge in [0.05, 0.1) is 18.4 Å². The van der Waals surface area contributed by atoms with Gasteiger partial charge in [0, 0.05) is 44.8 Å². The summed E-state index contributed by atoms with van der Waals surface area (Å²) in [5, 5.41) is 8.87. The van der Waals surface area contributed by atoms with Crippen molar-refractivity contribution in [2.45, 2.75) is 20.3 Å². The molecule has 41 heavy (non-hydrogen) atoms. The van der Waals surface area contributed by atoms with Crippen LogP contribution in [0.4, 0.5) is 10.2 Å². The molecule has 10 heteroatoms. The molecule has 1 fully saturated rings. The molecular formula is C31H39FN6O3. The van der Waals surface area contributed by atoms with Gasteiger partial charge in [-0.05, 0) is 68.0 Å². The average molecular weight is 563 g/mol. The summed E-state index contributed by atoms with van der Waals surface area (Å²) in [5.74, 6) is 0.351. The number of anilines is 1. The predicted octanol–water partition coefficient (Wildman–Crippen LogP) is 3.81. The highest BCUT2D eigenvalue weighted by atomic mass is 19.1. The topological polar surface area (TPSA) is 82.1 Å². The number of carbonyl (C=O) groups is 2. The second-order valence-electron chi connectivity index (χ2n) is 9.96. The van der Waals surface area contributed by atoms with E-state index < -0.39 is 11.7 Å². The van der Waals surface area contributed by atoms with Gasteiger partial charge in [0.25, 0.3) is 5.91 Å². The summed E-state index contributed by atoms with van der Waals surface area (Å²) in [6.07, 6.45) is 0.758. The van der Waals surface area contributed by atoms with Crippen LogP contribution < -0.4 is 9.64 Å². The summed E-state index contributed by atoms with van der Waals surface area (Å²) in [6.45, 7) is 9.04. The molecule has 0 unspecified atom stereocenters. The van der Waals surface area contributed by atoms with Crippen molar-refractivity contribution in [2.24, 2.45) is 0 Å². The van der Waals surface area contributed by atoms with Crippen LogP contribution in [-0.4, -0.2) is 103 Å². The third-order valence-electron chi connectivity index (χ3n) is 7.51. The summed E-state index contributed by atoms with van der Waals surface area (Å²) in [6, 6.07) is 17.5. The number of hydrogen-bond donors (Lipinski definition) is 0. The summed E-state index contributed by atoms with van der Waals surface area (Å²) >= 11 is 0. The van der Waals surface area contributed by atoms with Gasteiger partial charge in [0.2, 0.25) is 5.91 Å². The van der Waals surface area contributed by atoms with Crippen LogP contribution in [0.2, 0.25) is 0 Å². The van der Waals surface area contributed by atoms with E-state index in [0.717, 1.165) is 48.9 Å². The van der Waals surface area contributed by atoms with Crippen LogP contribution in [0.15, 0.2) is 60.7 Å². The van der Waals surface area contributed by atoms with Gasteiger partial charge < -0.3 is 24.3 Å². The minimum Gasteiger partial charge on any atom is -0.497 e. The van der Waals surface area contributed by atoms with Crippen molar-refractivity contribution in [3.8, 4) is 17.0 Å². The molecule has 0 saturated carbocycles. The fraction of sp³-hybridized carbons (Fsp3) is 0.419.